The van der Waals surface area contributed by atoms with E-state index in [1.54, 1.807) is 0 Å². The van der Waals surface area contributed by atoms with Crippen LogP contribution in [0.5, 0.6) is 0 Å². The molecular weight excluding hydrogens is 444 g/mol. The number of hydrogen-bond donors (Lipinski definition) is 3. The number of alkyl halides is 6. The predicted molar refractivity (Wildman–Crippen MR) is 99.7 cm³/mol. The maximum absolute atomic E-state index is 13.6. The van der Waals surface area contributed by atoms with Crippen LogP contribution in [-0.4, -0.2) is 38.6 Å². The SMILES string of the molecule is NC1=NC(=O)CC(O)(C(F)(F)F)C1=C(N)[C@H]1CCCC(Cc2cnc(C(F)(F)F)cn2)C1. The van der Waals surface area contributed by atoms with Crippen LogP contribution < -0.4 is 11.5 Å². The standard InChI is InChI=1S/C19H21F6N5O2/c20-18(21,22)12-8-28-11(7-29-12)5-9-2-1-3-10(4-9)15(26)14-16(27)30-13(31)6-17(14,32)19(23,24)25/h7-10,32H,1-6,26H2,(H2,27,30,31)/t9?,10-,17?/m0/s1. The highest BCUT2D eigenvalue weighted by Crippen LogP contribution is 2.44. The third-order valence-electron chi connectivity index (χ3n) is 5.80. The molecule has 13 heteroatoms. The summed E-state index contributed by atoms with van der Waals surface area (Å²) in [7, 11) is 0. The molecule has 1 aromatic rings. The van der Waals surface area contributed by atoms with Crippen molar-refractivity contribution in [3.8, 4) is 0 Å². The van der Waals surface area contributed by atoms with Crippen molar-refractivity contribution in [2.24, 2.45) is 28.3 Å². The second kappa shape index (κ2) is 8.34. The molecule has 1 saturated carbocycles. The van der Waals surface area contributed by atoms with Gasteiger partial charge in [0.25, 0.3) is 5.91 Å². The van der Waals surface area contributed by atoms with Gasteiger partial charge in [0, 0.05) is 11.9 Å². The fourth-order valence-corrected chi connectivity index (χ4v) is 4.24. The molecule has 5 N–H and O–H groups in total. The van der Waals surface area contributed by atoms with Gasteiger partial charge in [0.2, 0.25) is 0 Å². The lowest BCUT2D eigenvalue weighted by Gasteiger charge is -2.37. The molecule has 3 rings (SSSR count). The number of amides is 1. The van der Waals surface area contributed by atoms with Crippen molar-refractivity contribution < 1.29 is 36.2 Å². The van der Waals surface area contributed by atoms with Gasteiger partial charge in [-0.1, -0.05) is 12.8 Å². The molecule has 2 heterocycles. The largest absolute Gasteiger partial charge is 0.434 e. The van der Waals surface area contributed by atoms with Gasteiger partial charge in [-0.3, -0.25) is 9.78 Å². The van der Waals surface area contributed by atoms with Crippen LogP contribution in [0.1, 0.15) is 43.5 Å². The fraction of sp³-hybridized carbons (Fsp3) is 0.579. The molecule has 176 valence electrons. The maximum Gasteiger partial charge on any atom is 0.434 e. The highest BCUT2D eigenvalue weighted by Gasteiger charge is 2.60. The Kier molecular flexibility index (Phi) is 6.24. The number of carbonyl (C=O) groups is 1. The number of carbonyl (C=O) groups excluding carboxylic acids is 1. The van der Waals surface area contributed by atoms with E-state index in [1.165, 1.54) is 0 Å². The molecule has 7 nitrogen and oxygen atoms in total. The topological polar surface area (TPSA) is 127 Å². The second-order valence-electron chi connectivity index (χ2n) is 8.08. The van der Waals surface area contributed by atoms with Gasteiger partial charge in [-0.15, -0.1) is 0 Å². The third-order valence-corrected chi connectivity index (χ3v) is 5.80. The third kappa shape index (κ3) is 4.71. The van der Waals surface area contributed by atoms with E-state index in [9.17, 15) is 36.2 Å². The molecule has 0 aromatic carbocycles. The van der Waals surface area contributed by atoms with Gasteiger partial charge in [-0.25, -0.2) is 4.98 Å². The molecule has 2 aliphatic rings. The molecule has 0 saturated heterocycles. The molecule has 2 unspecified atom stereocenters. The number of hydrogen-bond acceptors (Lipinski definition) is 6. The predicted octanol–water partition coefficient (Wildman–Crippen LogP) is 2.64. The van der Waals surface area contributed by atoms with Crippen molar-refractivity contribution in [3.63, 3.8) is 0 Å². The second-order valence-corrected chi connectivity index (χ2v) is 8.08. The van der Waals surface area contributed by atoms with Crippen LogP contribution in [0.3, 0.4) is 0 Å². The molecular formula is C19H21F6N5O2. The highest BCUT2D eigenvalue weighted by atomic mass is 19.4. The average molecular weight is 465 g/mol. The Labute approximate surface area is 178 Å². The Morgan fingerprint density at radius 3 is 2.41 bits per heavy atom. The number of halogens is 6. The number of nitrogens with two attached hydrogens (primary N) is 2. The number of aromatic nitrogens is 2. The summed E-state index contributed by atoms with van der Waals surface area (Å²) < 4.78 is 78.8. The maximum atomic E-state index is 13.6. The summed E-state index contributed by atoms with van der Waals surface area (Å²) in [6.45, 7) is 0. The van der Waals surface area contributed by atoms with Gasteiger partial charge in [0.1, 0.15) is 5.84 Å². The summed E-state index contributed by atoms with van der Waals surface area (Å²) in [4.78, 5) is 22.0. The van der Waals surface area contributed by atoms with Gasteiger partial charge in [-0.05, 0) is 31.1 Å². The summed E-state index contributed by atoms with van der Waals surface area (Å²) in [5.74, 6) is -2.71. The summed E-state index contributed by atoms with van der Waals surface area (Å²) >= 11 is 0. The minimum absolute atomic E-state index is 0.138. The number of allylic oxidation sites excluding steroid dienone is 1. The van der Waals surface area contributed by atoms with E-state index in [4.69, 9.17) is 11.5 Å². The summed E-state index contributed by atoms with van der Waals surface area (Å²) in [6, 6.07) is 0. The van der Waals surface area contributed by atoms with Crippen molar-refractivity contribution in [2.75, 3.05) is 0 Å². The lowest BCUT2D eigenvalue weighted by molar-refractivity contribution is -0.244. The van der Waals surface area contributed by atoms with Crippen LogP contribution in [0.25, 0.3) is 0 Å². The average Bonchev–Trinajstić information content (AvgIpc) is 2.66. The van der Waals surface area contributed by atoms with E-state index < -0.39 is 53.3 Å². The van der Waals surface area contributed by atoms with E-state index in [0.29, 0.717) is 37.6 Å². The van der Waals surface area contributed by atoms with Gasteiger partial charge in [0.05, 0.1) is 23.9 Å². The van der Waals surface area contributed by atoms with E-state index in [2.05, 4.69) is 15.0 Å². The van der Waals surface area contributed by atoms with Crippen LogP contribution in [0.2, 0.25) is 0 Å². The molecule has 32 heavy (non-hydrogen) atoms. The Bertz CT molecular complexity index is 941. The fourth-order valence-electron chi connectivity index (χ4n) is 4.24. The molecule has 1 aromatic heterocycles. The van der Waals surface area contributed by atoms with Gasteiger partial charge < -0.3 is 16.6 Å². The van der Waals surface area contributed by atoms with E-state index in [-0.39, 0.29) is 18.0 Å². The van der Waals surface area contributed by atoms with Crippen LogP contribution in [-0.2, 0) is 17.4 Å². The van der Waals surface area contributed by atoms with Gasteiger partial charge in [-0.2, -0.15) is 31.3 Å². The Morgan fingerprint density at radius 1 is 1.16 bits per heavy atom. The van der Waals surface area contributed by atoms with Gasteiger partial charge in [0.15, 0.2) is 11.3 Å². The van der Waals surface area contributed by atoms with Crippen LogP contribution in [0.15, 0.2) is 28.7 Å². The monoisotopic (exact) mass is 465 g/mol. The van der Waals surface area contributed by atoms with Crippen LogP contribution in [0.4, 0.5) is 26.3 Å². The minimum Gasteiger partial charge on any atom is -0.401 e. The summed E-state index contributed by atoms with van der Waals surface area (Å²) in [5.41, 5.74) is 6.19. The number of aliphatic hydroxyl groups is 1. The van der Waals surface area contributed by atoms with Crippen molar-refractivity contribution >= 4 is 11.7 Å². The molecule has 0 radical (unpaired) electrons. The molecule has 1 fully saturated rings. The van der Waals surface area contributed by atoms with Crippen molar-refractivity contribution in [2.45, 2.75) is 56.5 Å². The van der Waals surface area contributed by atoms with Crippen LogP contribution in [0, 0.1) is 11.8 Å². The lowest BCUT2D eigenvalue weighted by Crippen LogP contribution is -2.55. The number of aliphatic imine (C=N–C) groups is 1. The number of rotatable bonds is 3. The highest BCUT2D eigenvalue weighted by molar-refractivity contribution is 6.09. The first kappa shape index (κ1) is 24.0. The Morgan fingerprint density at radius 2 is 1.84 bits per heavy atom. The minimum atomic E-state index is -5.20. The Balaban J connectivity index is 1.84. The summed E-state index contributed by atoms with van der Waals surface area (Å²) in [6.07, 6.45) is -7.26. The molecule has 0 bridgehead atoms. The molecule has 1 aliphatic heterocycles. The first-order valence-electron chi connectivity index (χ1n) is 9.77. The zero-order valence-electron chi connectivity index (χ0n) is 16.7. The molecule has 3 atom stereocenters. The van der Waals surface area contributed by atoms with Crippen molar-refractivity contribution in [3.05, 3.63) is 35.1 Å². The molecule has 1 amide bonds. The van der Waals surface area contributed by atoms with E-state index >= 15 is 0 Å². The van der Waals surface area contributed by atoms with E-state index in [1.807, 2.05) is 0 Å². The first-order chi connectivity index (χ1) is 14.7. The zero-order valence-corrected chi connectivity index (χ0v) is 16.7. The smallest absolute Gasteiger partial charge is 0.401 e. The zero-order chi connectivity index (χ0) is 23.9. The van der Waals surface area contributed by atoms with E-state index in [0.717, 1.165) is 6.20 Å². The lowest BCUT2D eigenvalue weighted by atomic mass is 9.74. The first-order valence-corrected chi connectivity index (χ1v) is 9.77. The number of amidine groups is 1. The number of nitrogens with zero attached hydrogens (tertiary/aromatic N) is 3. The van der Waals surface area contributed by atoms with Gasteiger partial charge >= 0.3 is 12.4 Å². The molecule has 0 spiro atoms. The normalized spacial score (nSPS) is 29.0. The Hall–Kier alpha value is -2.70. The van der Waals surface area contributed by atoms with Crippen molar-refractivity contribution in [1.82, 2.24) is 9.97 Å². The molecule has 1 aliphatic carbocycles. The summed E-state index contributed by atoms with van der Waals surface area (Å²) in [5, 5.41) is 10.3. The van der Waals surface area contributed by atoms with Crippen molar-refractivity contribution in [1.29, 1.82) is 0 Å². The van der Waals surface area contributed by atoms with Crippen LogP contribution >= 0.6 is 0 Å². The quantitative estimate of drug-likeness (QED) is 0.589.